The quantitative estimate of drug-likeness (QED) is 0.871. The van der Waals surface area contributed by atoms with Gasteiger partial charge in [-0.25, -0.2) is 17.2 Å². The highest BCUT2D eigenvalue weighted by Crippen LogP contribution is 2.14. The van der Waals surface area contributed by atoms with Crippen molar-refractivity contribution in [3.05, 3.63) is 35.4 Å². The van der Waals surface area contributed by atoms with Crippen LogP contribution in [0.15, 0.2) is 18.2 Å². The zero-order chi connectivity index (χ0) is 14.6. The van der Waals surface area contributed by atoms with Crippen LogP contribution in [0.2, 0.25) is 0 Å². The highest BCUT2D eigenvalue weighted by atomic mass is 32.2. The number of likely N-dealkylation sites (N-methyl/N-ethyl adjacent to an activating group) is 1. The molecule has 0 bridgehead atoms. The largest absolute Gasteiger partial charge is 0.313 e. The van der Waals surface area contributed by atoms with Crippen LogP contribution < -0.4 is 5.32 Å². The predicted molar refractivity (Wildman–Crippen MR) is 71.8 cm³/mol. The number of nitrogens with one attached hydrogen (secondary N) is 1. The van der Waals surface area contributed by atoms with Gasteiger partial charge in [0.05, 0.1) is 5.25 Å². The van der Waals surface area contributed by atoms with Gasteiger partial charge in [-0.05, 0) is 37.6 Å². The van der Waals surface area contributed by atoms with E-state index < -0.39 is 26.7 Å². The molecule has 1 aromatic rings. The maximum Gasteiger partial charge on any atom is 0.151 e. The van der Waals surface area contributed by atoms with Crippen molar-refractivity contribution in [3.63, 3.8) is 0 Å². The van der Waals surface area contributed by atoms with E-state index in [9.17, 15) is 17.2 Å². The van der Waals surface area contributed by atoms with Gasteiger partial charge in [-0.1, -0.05) is 6.92 Å². The summed E-state index contributed by atoms with van der Waals surface area (Å²) < 4.78 is 49.4. The van der Waals surface area contributed by atoms with Crippen molar-refractivity contribution in [1.29, 1.82) is 0 Å². The van der Waals surface area contributed by atoms with E-state index in [2.05, 4.69) is 5.32 Å². The maximum absolute atomic E-state index is 13.1. The Labute approximate surface area is 112 Å². The van der Waals surface area contributed by atoms with E-state index in [1.165, 1.54) is 12.1 Å². The summed E-state index contributed by atoms with van der Waals surface area (Å²) in [5, 5.41) is 2.43. The van der Waals surface area contributed by atoms with Crippen molar-refractivity contribution in [2.75, 3.05) is 12.8 Å². The number of rotatable bonds is 6. The molecule has 1 N–H and O–H groups in total. The van der Waals surface area contributed by atoms with Gasteiger partial charge in [0.25, 0.3) is 0 Å². The molecule has 108 valence electrons. The summed E-state index contributed by atoms with van der Waals surface area (Å²) in [7, 11) is -3.21. The van der Waals surface area contributed by atoms with Crippen LogP contribution in [0.25, 0.3) is 0 Å². The van der Waals surface area contributed by atoms with Gasteiger partial charge in [-0.15, -0.1) is 0 Å². The monoisotopic (exact) mass is 291 g/mol. The Balaban J connectivity index is 2.95. The molecule has 0 saturated carbocycles. The Kier molecular flexibility index (Phi) is 5.43. The van der Waals surface area contributed by atoms with Crippen LogP contribution in [0.5, 0.6) is 0 Å². The highest BCUT2D eigenvalue weighted by Gasteiger charge is 2.25. The second kappa shape index (κ2) is 6.43. The summed E-state index contributed by atoms with van der Waals surface area (Å²) in [5.74, 6) is -1.31. The van der Waals surface area contributed by atoms with Gasteiger partial charge in [-0.3, -0.25) is 0 Å². The van der Waals surface area contributed by atoms with Crippen LogP contribution in [-0.4, -0.2) is 32.5 Å². The minimum Gasteiger partial charge on any atom is -0.313 e. The average molecular weight is 291 g/mol. The van der Waals surface area contributed by atoms with Gasteiger partial charge < -0.3 is 5.32 Å². The molecule has 0 fully saturated rings. The first-order valence-electron chi connectivity index (χ1n) is 6.11. The smallest absolute Gasteiger partial charge is 0.151 e. The topological polar surface area (TPSA) is 46.2 Å². The van der Waals surface area contributed by atoms with Crippen LogP contribution in [0.3, 0.4) is 0 Å². The fraction of sp³-hybridized carbons (Fsp3) is 0.538. The van der Waals surface area contributed by atoms with E-state index in [0.717, 1.165) is 12.3 Å². The number of halogens is 2. The molecular formula is C13H19F2NO2S. The molecule has 0 aliphatic rings. The third kappa shape index (κ3) is 4.87. The lowest BCUT2D eigenvalue weighted by atomic mass is 10.0. The molecule has 0 saturated heterocycles. The predicted octanol–water partition coefficient (Wildman–Crippen LogP) is 1.92. The summed E-state index contributed by atoms with van der Waals surface area (Å²) in [6.07, 6.45) is 1.42. The molecule has 0 aliphatic heterocycles. The molecule has 0 heterocycles. The summed E-state index contributed by atoms with van der Waals surface area (Å²) in [6, 6.07) is 2.87. The second-order valence-corrected chi connectivity index (χ2v) is 7.08. The van der Waals surface area contributed by atoms with Crippen LogP contribution >= 0.6 is 0 Å². The Morgan fingerprint density at radius 2 is 1.74 bits per heavy atom. The standard InChI is InChI=1S/C13H19F2NO2S/c1-4-16-13(9(2)19(3,17)18)7-10-5-11(14)8-12(15)6-10/h5-6,8-9,13,16H,4,7H2,1-3H3. The molecule has 19 heavy (non-hydrogen) atoms. The van der Waals surface area contributed by atoms with Crippen LogP contribution in [0.4, 0.5) is 8.78 Å². The SMILES string of the molecule is CCNC(Cc1cc(F)cc(F)c1)C(C)S(C)(=O)=O. The third-order valence-electron chi connectivity index (χ3n) is 3.09. The first-order valence-corrected chi connectivity index (χ1v) is 8.06. The minimum atomic E-state index is -3.21. The molecule has 0 amide bonds. The lowest BCUT2D eigenvalue weighted by Gasteiger charge is -2.23. The van der Waals surface area contributed by atoms with Gasteiger partial charge in [0.15, 0.2) is 9.84 Å². The molecular weight excluding hydrogens is 272 g/mol. The maximum atomic E-state index is 13.1. The van der Waals surface area contributed by atoms with E-state index >= 15 is 0 Å². The van der Waals surface area contributed by atoms with Crippen LogP contribution in [0, 0.1) is 11.6 Å². The van der Waals surface area contributed by atoms with Crippen molar-refractivity contribution >= 4 is 9.84 Å². The summed E-state index contributed by atoms with van der Waals surface area (Å²) in [4.78, 5) is 0. The van der Waals surface area contributed by atoms with Crippen LogP contribution in [0.1, 0.15) is 19.4 Å². The second-order valence-electron chi connectivity index (χ2n) is 4.68. The zero-order valence-electron chi connectivity index (χ0n) is 11.3. The number of benzene rings is 1. The molecule has 2 unspecified atom stereocenters. The van der Waals surface area contributed by atoms with E-state index in [-0.39, 0.29) is 12.5 Å². The minimum absolute atomic E-state index is 0.261. The van der Waals surface area contributed by atoms with Gasteiger partial charge >= 0.3 is 0 Å². The van der Waals surface area contributed by atoms with Gasteiger partial charge in [-0.2, -0.15) is 0 Å². The van der Waals surface area contributed by atoms with E-state index in [1.54, 1.807) is 6.92 Å². The van der Waals surface area contributed by atoms with Crippen molar-refractivity contribution in [3.8, 4) is 0 Å². The molecule has 0 aliphatic carbocycles. The van der Waals surface area contributed by atoms with Crippen molar-refractivity contribution in [2.45, 2.75) is 31.6 Å². The number of hydrogen-bond acceptors (Lipinski definition) is 3. The van der Waals surface area contributed by atoms with Crippen LogP contribution in [-0.2, 0) is 16.3 Å². The summed E-state index contributed by atoms with van der Waals surface area (Å²) >= 11 is 0. The molecule has 0 aromatic heterocycles. The highest BCUT2D eigenvalue weighted by molar-refractivity contribution is 7.91. The molecule has 0 radical (unpaired) electrons. The first kappa shape index (κ1) is 16.0. The van der Waals surface area contributed by atoms with Gasteiger partial charge in [0, 0.05) is 18.4 Å². The van der Waals surface area contributed by atoms with Crippen molar-refractivity contribution in [2.24, 2.45) is 0 Å². The summed E-state index contributed by atoms with van der Waals surface area (Å²) in [6.45, 7) is 4.04. The normalized spacial score (nSPS) is 15.2. The average Bonchev–Trinajstić information content (AvgIpc) is 2.24. The molecule has 6 heteroatoms. The molecule has 2 atom stereocenters. The fourth-order valence-electron chi connectivity index (χ4n) is 1.95. The van der Waals surface area contributed by atoms with Crippen molar-refractivity contribution in [1.82, 2.24) is 5.32 Å². The Morgan fingerprint density at radius 1 is 1.21 bits per heavy atom. The van der Waals surface area contributed by atoms with E-state index in [1.807, 2.05) is 6.92 Å². The molecule has 1 aromatic carbocycles. The Morgan fingerprint density at radius 3 is 2.16 bits per heavy atom. The zero-order valence-corrected chi connectivity index (χ0v) is 12.1. The fourth-order valence-corrected chi connectivity index (χ4v) is 2.74. The van der Waals surface area contributed by atoms with Crippen molar-refractivity contribution < 1.29 is 17.2 Å². The lowest BCUT2D eigenvalue weighted by Crippen LogP contribution is -2.43. The number of sulfone groups is 1. The molecule has 3 nitrogen and oxygen atoms in total. The lowest BCUT2D eigenvalue weighted by molar-refractivity contribution is 0.491. The van der Waals surface area contributed by atoms with Gasteiger partial charge in [0.2, 0.25) is 0 Å². The Hall–Kier alpha value is -1.01. The van der Waals surface area contributed by atoms with E-state index in [4.69, 9.17) is 0 Å². The Bertz CT molecular complexity index is 511. The van der Waals surface area contributed by atoms with E-state index in [0.29, 0.717) is 12.1 Å². The van der Waals surface area contributed by atoms with Gasteiger partial charge in [0.1, 0.15) is 11.6 Å². The molecule has 0 spiro atoms. The molecule has 1 rings (SSSR count). The first-order chi connectivity index (χ1) is 8.74. The third-order valence-corrected chi connectivity index (χ3v) is 4.77. The number of hydrogen-bond donors (Lipinski definition) is 1. The summed E-state index contributed by atoms with van der Waals surface area (Å²) in [5.41, 5.74) is 0.443.